The van der Waals surface area contributed by atoms with Gasteiger partial charge in [-0.3, -0.25) is 4.79 Å². The molecule has 0 atom stereocenters. The topological polar surface area (TPSA) is 58.4 Å². The summed E-state index contributed by atoms with van der Waals surface area (Å²) in [5.41, 5.74) is 8.01. The van der Waals surface area contributed by atoms with Crippen LogP contribution in [0.25, 0.3) is 0 Å². The van der Waals surface area contributed by atoms with Gasteiger partial charge in [0.05, 0.1) is 5.56 Å². The van der Waals surface area contributed by atoms with Crippen molar-refractivity contribution < 1.29 is 4.79 Å². The molecule has 0 aliphatic heterocycles. The van der Waals surface area contributed by atoms with Gasteiger partial charge in [0.1, 0.15) is 0 Å². The average molecular weight is 277 g/mol. The van der Waals surface area contributed by atoms with E-state index in [1.165, 1.54) is 0 Å². The SMILES string of the molecule is Cc1cccc(C(=O)NCCCCN(C)C(C)C)c1N. The number of anilines is 1. The summed E-state index contributed by atoms with van der Waals surface area (Å²) >= 11 is 0. The lowest BCUT2D eigenvalue weighted by Crippen LogP contribution is -2.29. The van der Waals surface area contributed by atoms with Gasteiger partial charge in [-0.25, -0.2) is 0 Å². The molecule has 1 rings (SSSR count). The van der Waals surface area contributed by atoms with Crippen LogP contribution >= 0.6 is 0 Å². The Morgan fingerprint density at radius 2 is 2.05 bits per heavy atom. The molecule has 1 aromatic carbocycles. The van der Waals surface area contributed by atoms with Crippen molar-refractivity contribution >= 4 is 11.6 Å². The molecule has 0 radical (unpaired) electrons. The maximum atomic E-state index is 12.0. The van der Waals surface area contributed by atoms with E-state index in [0.29, 0.717) is 23.8 Å². The largest absolute Gasteiger partial charge is 0.398 e. The van der Waals surface area contributed by atoms with E-state index in [0.717, 1.165) is 24.9 Å². The second kappa shape index (κ2) is 7.90. The molecule has 0 bridgehead atoms. The molecule has 0 saturated carbocycles. The van der Waals surface area contributed by atoms with Crippen LogP contribution in [0.2, 0.25) is 0 Å². The van der Waals surface area contributed by atoms with Crippen LogP contribution in [-0.2, 0) is 0 Å². The monoisotopic (exact) mass is 277 g/mol. The molecule has 3 N–H and O–H groups in total. The molecule has 0 saturated heterocycles. The molecule has 0 aliphatic carbocycles. The van der Waals surface area contributed by atoms with Gasteiger partial charge >= 0.3 is 0 Å². The zero-order valence-electron chi connectivity index (χ0n) is 13.1. The zero-order chi connectivity index (χ0) is 15.1. The summed E-state index contributed by atoms with van der Waals surface area (Å²) in [6.45, 7) is 8.02. The number of carbonyl (C=O) groups is 1. The molecule has 0 spiro atoms. The van der Waals surface area contributed by atoms with Crippen LogP contribution in [0.5, 0.6) is 0 Å². The van der Waals surface area contributed by atoms with Crippen molar-refractivity contribution in [1.29, 1.82) is 0 Å². The van der Waals surface area contributed by atoms with Crippen LogP contribution in [-0.4, -0.2) is 37.0 Å². The minimum Gasteiger partial charge on any atom is -0.398 e. The van der Waals surface area contributed by atoms with Crippen molar-refractivity contribution in [3.8, 4) is 0 Å². The number of carbonyl (C=O) groups excluding carboxylic acids is 1. The fraction of sp³-hybridized carbons (Fsp3) is 0.562. The van der Waals surface area contributed by atoms with Crippen LogP contribution in [0.15, 0.2) is 18.2 Å². The maximum Gasteiger partial charge on any atom is 0.253 e. The standard InChI is InChI=1S/C16H27N3O/c1-12(2)19(4)11-6-5-10-18-16(20)14-9-7-8-13(3)15(14)17/h7-9,12H,5-6,10-11,17H2,1-4H3,(H,18,20). The molecule has 20 heavy (non-hydrogen) atoms. The number of hydrogen-bond acceptors (Lipinski definition) is 3. The summed E-state index contributed by atoms with van der Waals surface area (Å²) in [7, 11) is 2.12. The summed E-state index contributed by atoms with van der Waals surface area (Å²) in [4.78, 5) is 14.3. The Labute approximate surface area is 122 Å². The van der Waals surface area contributed by atoms with Gasteiger partial charge in [0.25, 0.3) is 5.91 Å². The number of nitrogen functional groups attached to an aromatic ring is 1. The van der Waals surface area contributed by atoms with Crippen LogP contribution in [0.4, 0.5) is 5.69 Å². The number of nitrogens with two attached hydrogens (primary N) is 1. The van der Waals surface area contributed by atoms with E-state index in [1.807, 2.05) is 19.1 Å². The quantitative estimate of drug-likeness (QED) is 0.594. The third-order valence-corrected chi connectivity index (χ3v) is 3.67. The summed E-state index contributed by atoms with van der Waals surface area (Å²) < 4.78 is 0. The molecule has 0 aliphatic rings. The number of amides is 1. The van der Waals surface area contributed by atoms with Gasteiger partial charge in [-0.15, -0.1) is 0 Å². The number of aryl methyl sites for hydroxylation is 1. The van der Waals surface area contributed by atoms with E-state index in [9.17, 15) is 4.79 Å². The van der Waals surface area contributed by atoms with E-state index >= 15 is 0 Å². The lowest BCUT2D eigenvalue weighted by atomic mass is 10.1. The van der Waals surface area contributed by atoms with Gasteiger partial charge < -0.3 is 16.0 Å². The highest BCUT2D eigenvalue weighted by Gasteiger charge is 2.10. The number of hydrogen-bond donors (Lipinski definition) is 2. The Morgan fingerprint density at radius 3 is 2.70 bits per heavy atom. The molecule has 0 heterocycles. The minimum atomic E-state index is -0.0802. The molecule has 0 aromatic heterocycles. The van der Waals surface area contributed by atoms with Gasteiger partial charge in [0.15, 0.2) is 0 Å². The first-order valence-corrected chi connectivity index (χ1v) is 7.27. The summed E-state index contributed by atoms with van der Waals surface area (Å²) in [6, 6.07) is 6.10. The van der Waals surface area contributed by atoms with Crippen LogP contribution < -0.4 is 11.1 Å². The second-order valence-corrected chi connectivity index (χ2v) is 5.57. The zero-order valence-corrected chi connectivity index (χ0v) is 13.1. The van der Waals surface area contributed by atoms with E-state index in [4.69, 9.17) is 5.73 Å². The van der Waals surface area contributed by atoms with Crippen LogP contribution in [0.1, 0.15) is 42.6 Å². The minimum absolute atomic E-state index is 0.0802. The highest BCUT2D eigenvalue weighted by Crippen LogP contribution is 2.16. The predicted molar refractivity (Wildman–Crippen MR) is 84.9 cm³/mol. The molecule has 1 aromatic rings. The maximum absolute atomic E-state index is 12.0. The number of rotatable bonds is 7. The van der Waals surface area contributed by atoms with Crippen molar-refractivity contribution in [1.82, 2.24) is 10.2 Å². The summed E-state index contributed by atoms with van der Waals surface area (Å²) in [5, 5.41) is 2.93. The van der Waals surface area contributed by atoms with Crippen LogP contribution in [0, 0.1) is 6.92 Å². The first kappa shape index (κ1) is 16.5. The molecule has 4 heteroatoms. The molecule has 1 amide bonds. The van der Waals surface area contributed by atoms with Gasteiger partial charge in [-0.2, -0.15) is 0 Å². The summed E-state index contributed by atoms with van der Waals surface area (Å²) in [6.07, 6.45) is 2.06. The lowest BCUT2D eigenvalue weighted by molar-refractivity contribution is 0.0953. The van der Waals surface area contributed by atoms with Crippen LogP contribution in [0.3, 0.4) is 0 Å². The second-order valence-electron chi connectivity index (χ2n) is 5.57. The Hall–Kier alpha value is -1.55. The molecule has 112 valence electrons. The van der Waals surface area contributed by atoms with E-state index < -0.39 is 0 Å². The molecular weight excluding hydrogens is 250 g/mol. The molecule has 0 unspecified atom stereocenters. The normalized spacial score (nSPS) is 11.1. The van der Waals surface area contributed by atoms with Crippen molar-refractivity contribution in [2.45, 2.75) is 39.7 Å². The lowest BCUT2D eigenvalue weighted by Gasteiger charge is -2.20. The van der Waals surface area contributed by atoms with Gasteiger partial charge in [0, 0.05) is 18.3 Å². The number of benzene rings is 1. The van der Waals surface area contributed by atoms with Crippen molar-refractivity contribution in [2.75, 3.05) is 25.9 Å². The molecular formula is C16H27N3O. The number of unbranched alkanes of at least 4 members (excludes halogenated alkanes) is 1. The van der Waals surface area contributed by atoms with Gasteiger partial charge in [-0.05, 0) is 58.8 Å². The predicted octanol–water partition coefficient (Wildman–Crippen LogP) is 2.43. The Morgan fingerprint density at radius 1 is 1.35 bits per heavy atom. The Balaban J connectivity index is 2.32. The van der Waals surface area contributed by atoms with Crippen molar-refractivity contribution in [3.63, 3.8) is 0 Å². The van der Waals surface area contributed by atoms with E-state index in [-0.39, 0.29) is 5.91 Å². The van der Waals surface area contributed by atoms with Crippen molar-refractivity contribution in [2.24, 2.45) is 0 Å². The number of para-hydroxylation sites is 1. The average Bonchev–Trinajstić information content (AvgIpc) is 2.40. The van der Waals surface area contributed by atoms with E-state index in [1.54, 1.807) is 6.07 Å². The highest BCUT2D eigenvalue weighted by molar-refractivity contribution is 5.99. The first-order valence-electron chi connectivity index (χ1n) is 7.27. The smallest absolute Gasteiger partial charge is 0.253 e. The highest BCUT2D eigenvalue weighted by atomic mass is 16.1. The fourth-order valence-corrected chi connectivity index (χ4v) is 1.92. The third kappa shape index (κ3) is 4.85. The fourth-order valence-electron chi connectivity index (χ4n) is 1.92. The number of nitrogens with one attached hydrogen (secondary N) is 1. The summed E-state index contributed by atoms with van der Waals surface area (Å²) in [5.74, 6) is -0.0802. The van der Waals surface area contributed by atoms with E-state index in [2.05, 4.69) is 31.1 Å². The molecule has 0 fully saturated rings. The Bertz CT molecular complexity index is 443. The molecule has 4 nitrogen and oxygen atoms in total. The van der Waals surface area contributed by atoms with Gasteiger partial charge in [-0.1, -0.05) is 12.1 Å². The Kier molecular flexibility index (Phi) is 6.52. The van der Waals surface area contributed by atoms with Crippen molar-refractivity contribution in [3.05, 3.63) is 29.3 Å². The third-order valence-electron chi connectivity index (χ3n) is 3.67. The first-order chi connectivity index (χ1) is 9.43. The number of nitrogens with zero attached hydrogens (tertiary/aromatic N) is 1. The van der Waals surface area contributed by atoms with Gasteiger partial charge in [0.2, 0.25) is 0 Å².